The van der Waals surface area contributed by atoms with Crippen LogP contribution in [0.5, 0.6) is 5.75 Å². The first-order valence-electron chi connectivity index (χ1n) is 9.32. The van der Waals surface area contributed by atoms with Crippen LogP contribution in [0.2, 0.25) is 5.02 Å². The van der Waals surface area contributed by atoms with Gasteiger partial charge in [-0.3, -0.25) is 14.6 Å². The standard InChI is InChI=1S/C22H22ClN3O4/c1-13(27)25-26-20-10-15-6-9-17(29-2)11-18(15)22(14-4-7-16(23)8-5-14)24-19(20)12-21(28)30-3/h4-9,11,19H,10,12H2,1-3H3,(H,25,27)/b26-20+/t19-/m0/s1. The highest BCUT2D eigenvalue weighted by molar-refractivity contribution is 6.30. The first-order valence-corrected chi connectivity index (χ1v) is 9.70. The van der Waals surface area contributed by atoms with Crippen molar-refractivity contribution in [2.24, 2.45) is 10.1 Å². The maximum atomic E-state index is 12.1. The third-order valence-electron chi connectivity index (χ3n) is 4.68. The molecule has 0 saturated carbocycles. The lowest BCUT2D eigenvalue weighted by atomic mass is 9.95. The minimum absolute atomic E-state index is 0.00285. The van der Waals surface area contributed by atoms with Gasteiger partial charge in [0.1, 0.15) is 11.8 Å². The molecular formula is C22H22ClN3O4. The molecule has 3 rings (SSSR count). The molecule has 1 aliphatic rings. The Kier molecular flexibility index (Phi) is 6.84. The minimum Gasteiger partial charge on any atom is -0.497 e. The van der Waals surface area contributed by atoms with Crippen molar-refractivity contribution in [3.63, 3.8) is 0 Å². The smallest absolute Gasteiger partial charge is 0.308 e. The Morgan fingerprint density at radius 1 is 1.20 bits per heavy atom. The first kappa shape index (κ1) is 21.5. The van der Waals surface area contributed by atoms with Crippen molar-refractivity contribution in [2.75, 3.05) is 14.2 Å². The average Bonchev–Trinajstić information content (AvgIpc) is 2.89. The normalized spacial score (nSPS) is 16.9. The fourth-order valence-electron chi connectivity index (χ4n) is 3.18. The van der Waals surface area contributed by atoms with E-state index in [1.54, 1.807) is 19.2 Å². The predicted octanol–water partition coefficient (Wildman–Crippen LogP) is 3.17. The second kappa shape index (κ2) is 9.54. The summed E-state index contributed by atoms with van der Waals surface area (Å²) in [5, 5.41) is 4.85. The van der Waals surface area contributed by atoms with Gasteiger partial charge in [0, 0.05) is 29.5 Å². The fourth-order valence-corrected chi connectivity index (χ4v) is 3.30. The summed E-state index contributed by atoms with van der Waals surface area (Å²) in [6, 6.07) is 12.4. The second-order valence-corrected chi connectivity index (χ2v) is 7.19. The highest BCUT2D eigenvalue weighted by Crippen LogP contribution is 2.27. The number of methoxy groups -OCH3 is 2. The van der Waals surface area contributed by atoms with Crippen LogP contribution in [0, 0.1) is 0 Å². The Morgan fingerprint density at radius 2 is 1.93 bits per heavy atom. The van der Waals surface area contributed by atoms with E-state index >= 15 is 0 Å². The number of carbonyl (C=O) groups excluding carboxylic acids is 2. The number of hydrogen-bond donors (Lipinski definition) is 1. The van der Waals surface area contributed by atoms with E-state index in [2.05, 4.69) is 10.5 Å². The summed E-state index contributed by atoms with van der Waals surface area (Å²) in [5.74, 6) is -0.0409. The summed E-state index contributed by atoms with van der Waals surface area (Å²) < 4.78 is 10.3. The number of halogens is 1. The molecule has 0 fully saturated rings. The van der Waals surface area contributed by atoms with Crippen LogP contribution in [-0.4, -0.2) is 43.6 Å². The number of hydrazone groups is 1. The van der Waals surface area contributed by atoms with E-state index in [0.717, 1.165) is 16.7 Å². The first-order chi connectivity index (χ1) is 14.4. The summed E-state index contributed by atoms with van der Waals surface area (Å²) in [4.78, 5) is 28.4. The molecule has 0 spiro atoms. The summed E-state index contributed by atoms with van der Waals surface area (Å²) in [7, 11) is 2.92. The molecule has 2 aromatic carbocycles. The van der Waals surface area contributed by atoms with Crippen molar-refractivity contribution in [3.8, 4) is 5.75 Å². The van der Waals surface area contributed by atoms with Gasteiger partial charge < -0.3 is 9.47 Å². The second-order valence-electron chi connectivity index (χ2n) is 6.75. The maximum absolute atomic E-state index is 12.1. The third kappa shape index (κ3) is 5.04. The molecule has 0 radical (unpaired) electrons. The van der Waals surface area contributed by atoms with Crippen molar-refractivity contribution in [2.45, 2.75) is 25.8 Å². The molecular weight excluding hydrogens is 406 g/mol. The molecule has 0 saturated heterocycles. The highest BCUT2D eigenvalue weighted by atomic mass is 35.5. The van der Waals surface area contributed by atoms with Gasteiger partial charge in [-0.25, -0.2) is 5.43 Å². The number of carbonyl (C=O) groups is 2. The van der Waals surface area contributed by atoms with Crippen LogP contribution < -0.4 is 10.2 Å². The topological polar surface area (TPSA) is 89.3 Å². The monoisotopic (exact) mass is 427 g/mol. The molecule has 0 aromatic heterocycles. The van der Waals surface area contributed by atoms with Gasteiger partial charge in [0.25, 0.3) is 0 Å². The van der Waals surface area contributed by atoms with Gasteiger partial charge in [-0.15, -0.1) is 0 Å². The lowest BCUT2D eigenvalue weighted by Gasteiger charge is -2.13. The maximum Gasteiger partial charge on any atom is 0.308 e. The minimum atomic E-state index is -0.603. The van der Waals surface area contributed by atoms with E-state index in [1.807, 2.05) is 30.3 Å². The van der Waals surface area contributed by atoms with Gasteiger partial charge in [-0.05, 0) is 29.8 Å². The Balaban J connectivity index is 2.20. The fraction of sp³-hybridized carbons (Fsp3) is 0.273. The molecule has 1 atom stereocenters. The van der Waals surface area contributed by atoms with Gasteiger partial charge in [0.2, 0.25) is 5.91 Å². The molecule has 1 N–H and O–H groups in total. The third-order valence-corrected chi connectivity index (χ3v) is 4.93. The number of rotatable bonds is 5. The van der Waals surface area contributed by atoms with Crippen molar-refractivity contribution in [1.82, 2.24) is 5.43 Å². The lowest BCUT2D eigenvalue weighted by Crippen LogP contribution is -2.28. The van der Waals surface area contributed by atoms with Crippen LogP contribution in [-0.2, 0) is 20.7 Å². The van der Waals surface area contributed by atoms with E-state index in [-0.39, 0.29) is 12.3 Å². The number of nitrogens with zero attached hydrogens (tertiary/aromatic N) is 2. The van der Waals surface area contributed by atoms with E-state index in [1.165, 1.54) is 14.0 Å². The number of benzene rings is 2. The molecule has 0 bridgehead atoms. The SMILES string of the molecule is COC(=O)C[C@@H]1N=C(c2ccc(Cl)cc2)c2cc(OC)ccc2C/C1=N\NC(C)=O. The molecule has 0 aliphatic carbocycles. The predicted molar refractivity (Wildman–Crippen MR) is 115 cm³/mol. The van der Waals surface area contributed by atoms with Crippen molar-refractivity contribution in [1.29, 1.82) is 0 Å². The van der Waals surface area contributed by atoms with Crippen molar-refractivity contribution in [3.05, 3.63) is 64.2 Å². The Labute approximate surface area is 179 Å². The molecule has 156 valence electrons. The number of amides is 1. The number of ether oxygens (including phenoxy) is 2. The quantitative estimate of drug-likeness (QED) is 0.586. The molecule has 1 amide bonds. The summed E-state index contributed by atoms with van der Waals surface area (Å²) in [6.07, 6.45) is 0.402. The molecule has 30 heavy (non-hydrogen) atoms. The molecule has 7 nitrogen and oxygen atoms in total. The number of aliphatic imine (C=N–C) groups is 1. The van der Waals surface area contributed by atoms with Crippen LogP contribution in [0.3, 0.4) is 0 Å². The van der Waals surface area contributed by atoms with Crippen LogP contribution in [0.25, 0.3) is 0 Å². The summed E-state index contributed by atoms with van der Waals surface area (Å²) >= 11 is 6.06. The zero-order valence-electron chi connectivity index (χ0n) is 16.9. The Morgan fingerprint density at radius 3 is 2.57 bits per heavy atom. The average molecular weight is 428 g/mol. The van der Waals surface area contributed by atoms with Crippen LogP contribution in [0.4, 0.5) is 0 Å². The van der Waals surface area contributed by atoms with E-state index in [4.69, 9.17) is 26.1 Å². The molecule has 1 heterocycles. The van der Waals surface area contributed by atoms with Crippen LogP contribution in [0.15, 0.2) is 52.6 Å². The largest absolute Gasteiger partial charge is 0.497 e. The molecule has 0 unspecified atom stereocenters. The van der Waals surface area contributed by atoms with Crippen molar-refractivity contribution >= 4 is 34.9 Å². The summed E-state index contributed by atoms with van der Waals surface area (Å²) in [6.45, 7) is 1.37. The molecule has 1 aliphatic heterocycles. The number of esters is 1. The number of hydrogen-bond acceptors (Lipinski definition) is 6. The van der Waals surface area contributed by atoms with E-state index < -0.39 is 12.0 Å². The van der Waals surface area contributed by atoms with E-state index in [0.29, 0.717) is 28.6 Å². The summed E-state index contributed by atoms with van der Waals surface area (Å²) in [5.41, 5.74) is 6.35. The van der Waals surface area contributed by atoms with Crippen LogP contribution in [0.1, 0.15) is 30.0 Å². The number of nitrogens with one attached hydrogen (secondary N) is 1. The van der Waals surface area contributed by atoms with Crippen molar-refractivity contribution < 1.29 is 19.1 Å². The Hall–Kier alpha value is -3.19. The van der Waals surface area contributed by atoms with Gasteiger partial charge in [-0.1, -0.05) is 29.8 Å². The molecule has 8 heteroatoms. The molecule has 2 aromatic rings. The van der Waals surface area contributed by atoms with Gasteiger partial charge >= 0.3 is 5.97 Å². The number of fused-ring (bicyclic) bond motifs is 1. The van der Waals surface area contributed by atoms with Crippen LogP contribution >= 0.6 is 11.6 Å². The zero-order chi connectivity index (χ0) is 21.7. The Bertz CT molecular complexity index is 1020. The zero-order valence-corrected chi connectivity index (χ0v) is 17.7. The van der Waals surface area contributed by atoms with E-state index in [9.17, 15) is 9.59 Å². The van der Waals surface area contributed by atoms with Gasteiger partial charge in [0.15, 0.2) is 0 Å². The van der Waals surface area contributed by atoms with Gasteiger partial charge in [0.05, 0.1) is 32.1 Å². The van der Waals surface area contributed by atoms with Gasteiger partial charge in [-0.2, -0.15) is 5.10 Å². The highest BCUT2D eigenvalue weighted by Gasteiger charge is 2.27. The lowest BCUT2D eigenvalue weighted by molar-refractivity contribution is -0.140.